The van der Waals surface area contributed by atoms with E-state index in [1.807, 2.05) is 7.05 Å². The predicted octanol–water partition coefficient (Wildman–Crippen LogP) is 3.19. The Balaban J connectivity index is 2.49. The van der Waals surface area contributed by atoms with Crippen molar-refractivity contribution in [2.24, 2.45) is 5.92 Å². The molecular formula is C16H27NO. The van der Waals surface area contributed by atoms with Gasteiger partial charge in [-0.1, -0.05) is 24.3 Å². The maximum Gasteiger partial charge on any atom is 0.0518 e. The van der Waals surface area contributed by atoms with Crippen molar-refractivity contribution < 1.29 is 4.74 Å². The number of hydrogen-bond donors (Lipinski definition) is 1. The standard InChI is InChI=1S/C16H27NO/c1-13(2)18-10-9-15(12-17-4)11-16-8-6-5-7-14(16)3/h5-8,13,15,17H,9-12H2,1-4H3. The van der Waals surface area contributed by atoms with E-state index in [0.29, 0.717) is 12.0 Å². The molecule has 0 radical (unpaired) electrons. The molecule has 2 heteroatoms. The van der Waals surface area contributed by atoms with Gasteiger partial charge in [-0.25, -0.2) is 0 Å². The number of rotatable bonds is 8. The monoisotopic (exact) mass is 249 g/mol. The van der Waals surface area contributed by atoms with Crippen LogP contribution < -0.4 is 5.32 Å². The molecule has 0 aliphatic rings. The molecule has 0 heterocycles. The second kappa shape index (κ2) is 8.28. The molecule has 0 bridgehead atoms. The van der Waals surface area contributed by atoms with Crippen molar-refractivity contribution in [3.8, 4) is 0 Å². The first-order chi connectivity index (χ1) is 8.63. The topological polar surface area (TPSA) is 21.3 Å². The van der Waals surface area contributed by atoms with Gasteiger partial charge in [-0.15, -0.1) is 0 Å². The van der Waals surface area contributed by atoms with E-state index in [1.54, 1.807) is 0 Å². The van der Waals surface area contributed by atoms with Crippen LogP contribution in [0.1, 0.15) is 31.4 Å². The van der Waals surface area contributed by atoms with Crippen LogP contribution in [-0.4, -0.2) is 26.3 Å². The minimum absolute atomic E-state index is 0.332. The first kappa shape index (κ1) is 15.2. The Labute approximate surface area is 112 Å². The number of nitrogens with one attached hydrogen (secondary N) is 1. The number of ether oxygens (including phenoxy) is 1. The molecule has 2 nitrogen and oxygen atoms in total. The summed E-state index contributed by atoms with van der Waals surface area (Å²) in [4.78, 5) is 0. The lowest BCUT2D eigenvalue weighted by Crippen LogP contribution is -2.23. The van der Waals surface area contributed by atoms with Crippen molar-refractivity contribution >= 4 is 0 Å². The molecule has 1 N–H and O–H groups in total. The highest BCUT2D eigenvalue weighted by molar-refractivity contribution is 5.25. The molecule has 0 aromatic heterocycles. The van der Waals surface area contributed by atoms with Gasteiger partial charge >= 0.3 is 0 Å². The molecule has 102 valence electrons. The maximum absolute atomic E-state index is 5.66. The first-order valence-corrected chi connectivity index (χ1v) is 6.94. The van der Waals surface area contributed by atoms with Gasteiger partial charge in [0.2, 0.25) is 0 Å². The van der Waals surface area contributed by atoms with Gasteiger partial charge in [-0.3, -0.25) is 0 Å². The minimum Gasteiger partial charge on any atom is -0.379 e. The molecule has 0 aliphatic heterocycles. The largest absolute Gasteiger partial charge is 0.379 e. The number of aryl methyl sites for hydroxylation is 1. The van der Waals surface area contributed by atoms with Gasteiger partial charge in [-0.05, 0) is 64.3 Å². The lowest BCUT2D eigenvalue weighted by molar-refractivity contribution is 0.0684. The molecule has 18 heavy (non-hydrogen) atoms. The van der Waals surface area contributed by atoms with E-state index in [1.165, 1.54) is 11.1 Å². The minimum atomic E-state index is 0.332. The Morgan fingerprint density at radius 3 is 2.56 bits per heavy atom. The van der Waals surface area contributed by atoms with E-state index in [0.717, 1.165) is 26.0 Å². The van der Waals surface area contributed by atoms with Crippen LogP contribution in [0.15, 0.2) is 24.3 Å². The predicted molar refractivity (Wildman–Crippen MR) is 78.0 cm³/mol. The highest BCUT2D eigenvalue weighted by atomic mass is 16.5. The van der Waals surface area contributed by atoms with Gasteiger partial charge in [0.15, 0.2) is 0 Å². The molecule has 1 unspecified atom stereocenters. The first-order valence-electron chi connectivity index (χ1n) is 6.94. The Kier molecular flexibility index (Phi) is 6.99. The third-order valence-electron chi connectivity index (χ3n) is 3.24. The Hall–Kier alpha value is -0.860. The average molecular weight is 249 g/mol. The van der Waals surface area contributed by atoms with Crippen molar-refractivity contribution in [1.29, 1.82) is 0 Å². The van der Waals surface area contributed by atoms with Crippen LogP contribution in [0.4, 0.5) is 0 Å². The van der Waals surface area contributed by atoms with Crippen molar-refractivity contribution in [1.82, 2.24) is 5.32 Å². The molecule has 1 atom stereocenters. The average Bonchev–Trinajstić information content (AvgIpc) is 2.32. The van der Waals surface area contributed by atoms with Crippen LogP contribution in [0, 0.1) is 12.8 Å². The van der Waals surface area contributed by atoms with E-state index in [-0.39, 0.29) is 0 Å². The van der Waals surface area contributed by atoms with Gasteiger partial charge in [0.05, 0.1) is 6.10 Å². The quantitative estimate of drug-likeness (QED) is 0.764. The van der Waals surface area contributed by atoms with Gasteiger partial charge in [0.1, 0.15) is 0 Å². The molecule has 0 saturated carbocycles. The Morgan fingerprint density at radius 2 is 1.94 bits per heavy atom. The summed E-state index contributed by atoms with van der Waals surface area (Å²) in [5, 5.41) is 3.29. The third kappa shape index (κ3) is 5.65. The molecule has 1 rings (SSSR count). The van der Waals surface area contributed by atoms with Gasteiger partial charge in [0.25, 0.3) is 0 Å². The molecule has 1 aromatic rings. The zero-order chi connectivity index (χ0) is 13.4. The van der Waals surface area contributed by atoms with E-state index < -0.39 is 0 Å². The van der Waals surface area contributed by atoms with Crippen LogP contribution in [0.5, 0.6) is 0 Å². The summed E-state index contributed by atoms with van der Waals surface area (Å²) in [6, 6.07) is 8.66. The fourth-order valence-electron chi connectivity index (χ4n) is 2.19. The summed E-state index contributed by atoms with van der Waals surface area (Å²) >= 11 is 0. The maximum atomic E-state index is 5.66. The smallest absolute Gasteiger partial charge is 0.0518 e. The number of hydrogen-bond acceptors (Lipinski definition) is 2. The Morgan fingerprint density at radius 1 is 1.22 bits per heavy atom. The summed E-state index contributed by atoms with van der Waals surface area (Å²) in [6.45, 7) is 8.28. The Bertz CT molecular complexity index is 336. The fourth-order valence-corrected chi connectivity index (χ4v) is 2.19. The van der Waals surface area contributed by atoms with Crippen molar-refractivity contribution in [3.05, 3.63) is 35.4 Å². The summed E-state index contributed by atoms with van der Waals surface area (Å²) < 4.78 is 5.66. The zero-order valence-corrected chi connectivity index (χ0v) is 12.2. The van der Waals surface area contributed by atoms with Crippen LogP contribution in [0.25, 0.3) is 0 Å². The van der Waals surface area contributed by atoms with Gasteiger partial charge in [0, 0.05) is 6.61 Å². The van der Waals surface area contributed by atoms with Gasteiger partial charge < -0.3 is 10.1 Å². The normalized spacial score (nSPS) is 12.9. The van der Waals surface area contributed by atoms with Crippen LogP contribution in [0.3, 0.4) is 0 Å². The molecule has 1 aromatic carbocycles. The summed E-state index contributed by atoms with van der Waals surface area (Å²) in [5.41, 5.74) is 2.85. The van der Waals surface area contributed by atoms with E-state index in [4.69, 9.17) is 4.74 Å². The molecule has 0 aliphatic carbocycles. The van der Waals surface area contributed by atoms with E-state index in [2.05, 4.69) is 50.4 Å². The van der Waals surface area contributed by atoms with E-state index >= 15 is 0 Å². The van der Waals surface area contributed by atoms with E-state index in [9.17, 15) is 0 Å². The SMILES string of the molecule is CNCC(CCOC(C)C)Cc1ccccc1C. The number of benzene rings is 1. The molecule has 0 amide bonds. The summed E-state index contributed by atoms with van der Waals surface area (Å²) in [5.74, 6) is 0.648. The van der Waals surface area contributed by atoms with Crippen molar-refractivity contribution in [2.75, 3.05) is 20.2 Å². The summed E-state index contributed by atoms with van der Waals surface area (Å²) in [7, 11) is 2.02. The fraction of sp³-hybridized carbons (Fsp3) is 0.625. The second-order valence-corrected chi connectivity index (χ2v) is 5.26. The highest BCUT2D eigenvalue weighted by Crippen LogP contribution is 2.15. The lowest BCUT2D eigenvalue weighted by atomic mass is 9.94. The molecule has 0 fully saturated rings. The third-order valence-corrected chi connectivity index (χ3v) is 3.24. The molecule has 0 saturated heterocycles. The lowest BCUT2D eigenvalue weighted by Gasteiger charge is -2.18. The van der Waals surface area contributed by atoms with Crippen molar-refractivity contribution in [2.45, 2.75) is 39.7 Å². The van der Waals surface area contributed by atoms with Crippen LogP contribution in [-0.2, 0) is 11.2 Å². The zero-order valence-electron chi connectivity index (χ0n) is 12.2. The summed E-state index contributed by atoms with van der Waals surface area (Å²) in [6.07, 6.45) is 2.58. The van der Waals surface area contributed by atoms with Crippen LogP contribution in [0.2, 0.25) is 0 Å². The molecular weight excluding hydrogens is 222 g/mol. The van der Waals surface area contributed by atoms with Crippen molar-refractivity contribution in [3.63, 3.8) is 0 Å². The highest BCUT2D eigenvalue weighted by Gasteiger charge is 2.10. The van der Waals surface area contributed by atoms with Crippen LogP contribution >= 0.6 is 0 Å². The van der Waals surface area contributed by atoms with Gasteiger partial charge in [-0.2, -0.15) is 0 Å². The second-order valence-electron chi connectivity index (χ2n) is 5.26. The molecule has 0 spiro atoms.